The van der Waals surface area contributed by atoms with Gasteiger partial charge in [-0.15, -0.1) is 0 Å². The van der Waals surface area contributed by atoms with Gasteiger partial charge in [0.1, 0.15) is 11.6 Å². The number of amides is 1. The highest BCUT2D eigenvalue weighted by atomic mass is 19.1. The number of nitro benzene ring substituents is 1. The van der Waals surface area contributed by atoms with Crippen molar-refractivity contribution < 1.29 is 18.5 Å². The van der Waals surface area contributed by atoms with Crippen LogP contribution in [0.2, 0.25) is 0 Å². The van der Waals surface area contributed by atoms with E-state index >= 15 is 0 Å². The fraction of sp³-hybridized carbons (Fsp3) is 0.0909. The van der Waals surface area contributed by atoms with Crippen LogP contribution in [0.5, 0.6) is 0 Å². The number of aromatic amines is 1. The van der Waals surface area contributed by atoms with E-state index in [0.717, 1.165) is 0 Å². The number of aromatic nitrogens is 2. The lowest BCUT2D eigenvalue weighted by Gasteiger charge is -2.05. The summed E-state index contributed by atoms with van der Waals surface area (Å²) in [7, 11) is 0. The lowest BCUT2D eigenvalue weighted by molar-refractivity contribution is -0.387. The largest absolute Gasteiger partial charge is 0.347 e. The molecule has 0 spiro atoms. The van der Waals surface area contributed by atoms with Gasteiger partial charge in [-0.05, 0) is 6.07 Å². The van der Waals surface area contributed by atoms with Crippen molar-refractivity contribution in [3.8, 4) is 0 Å². The van der Waals surface area contributed by atoms with Crippen LogP contribution in [0.1, 0.15) is 16.2 Å². The van der Waals surface area contributed by atoms with Gasteiger partial charge in [-0.1, -0.05) is 0 Å². The first-order valence-corrected chi connectivity index (χ1v) is 5.39. The molecule has 7 nitrogen and oxygen atoms in total. The summed E-state index contributed by atoms with van der Waals surface area (Å²) in [6.45, 7) is -0.0100. The number of halogens is 2. The van der Waals surface area contributed by atoms with Crippen LogP contribution in [-0.4, -0.2) is 20.8 Å². The lowest BCUT2D eigenvalue weighted by Crippen LogP contribution is -2.24. The van der Waals surface area contributed by atoms with Crippen LogP contribution in [-0.2, 0) is 6.54 Å². The van der Waals surface area contributed by atoms with Crippen molar-refractivity contribution in [1.29, 1.82) is 0 Å². The topological polar surface area (TPSA) is 101 Å². The van der Waals surface area contributed by atoms with Crippen molar-refractivity contribution >= 4 is 11.6 Å². The number of hydrogen-bond donors (Lipinski definition) is 2. The van der Waals surface area contributed by atoms with E-state index in [-0.39, 0.29) is 6.54 Å². The van der Waals surface area contributed by atoms with Crippen LogP contribution in [0.25, 0.3) is 0 Å². The van der Waals surface area contributed by atoms with Crippen molar-refractivity contribution in [2.24, 2.45) is 0 Å². The summed E-state index contributed by atoms with van der Waals surface area (Å²) in [6.07, 6.45) is 3.00. The monoisotopic (exact) mass is 282 g/mol. The molecule has 0 saturated carbocycles. The number of nitro groups is 1. The number of rotatable bonds is 4. The molecule has 0 unspecified atom stereocenters. The molecule has 0 aliphatic rings. The molecule has 0 atom stereocenters. The van der Waals surface area contributed by atoms with Gasteiger partial charge in [-0.25, -0.2) is 9.37 Å². The van der Waals surface area contributed by atoms with Gasteiger partial charge in [0.15, 0.2) is 0 Å². The van der Waals surface area contributed by atoms with E-state index in [9.17, 15) is 23.7 Å². The molecule has 2 rings (SSSR count). The zero-order chi connectivity index (χ0) is 14.7. The molecule has 0 fully saturated rings. The fourth-order valence-corrected chi connectivity index (χ4v) is 1.50. The molecule has 104 valence electrons. The molecule has 0 bridgehead atoms. The Morgan fingerprint density at radius 2 is 2.15 bits per heavy atom. The lowest BCUT2D eigenvalue weighted by atomic mass is 10.1. The smallest absolute Gasteiger partial charge is 0.307 e. The molecule has 1 aromatic carbocycles. The molecular weight excluding hydrogens is 274 g/mol. The number of carbonyl (C=O) groups excluding carboxylic acids is 1. The van der Waals surface area contributed by atoms with Gasteiger partial charge in [0.25, 0.3) is 5.91 Å². The molecule has 1 amide bonds. The Kier molecular flexibility index (Phi) is 3.69. The first-order chi connectivity index (χ1) is 9.49. The van der Waals surface area contributed by atoms with Crippen LogP contribution < -0.4 is 5.32 Å². The highest BCUT2D eigenvalue weighted by Gasteiger charge is 2.21. The maximum Gasteiger partial charge on any atom is 0.307 e. The summed E-state index contributed by atoms with van der Waals surface area (Å²) >= 11 is 0. The van der Waals surface area contributed by atoms with Crippen molar-refractivity contribution in [2.45, 2.75) is 6.54 Å². The zero-order valence-electron chi connectivity index (χ0n) is 9.89. The van der Waals surface area contributed by atoms with E-state index in [0.29, 0.717) is 18.0 Å². The number of imidazole rings is 1. The van der Waals surface area contributed by atoms with Crippen LogP contribution in [0, 0.1) is 21.7 Å². The number of nitrogens with zero attached hydrogens (tertiary/aromatic N) is 2. The number of hydrogen-bond acceptors (Lipinski definition) is 4. The fourth-order valence-electron chi connectivity index (χ4n) is 1.50. The SMILES string of the molecule is O=C(NCc1ncc[nH]1)c1cc(F)c([N+](=O)[O-])cc1F. The summed E-state index contributed by atoms with van der Waals surface area (Å²) in [5.74, 6) is -2.91. The Labute approximate surface area is 110 Å². The molecule has 0 aliphatic carbocycles. The zero-order valence-corrected chi connectivity index (χ0v) is 9.89. The maximum absolute atomic E-state index is 13.6. The van der Waals surface area contributed by atoms with Crippen LogP contribution in [0.3, 0.4) is 0 Å². The average molecular weight is 282 g/mol. The number of H-pyrrole nitrogens is 1. The first-order valence-electron chi connectivity index (χ1n) is 5.39. The third-order valence-electron chi connectivity index (χ3n) is 2.45. The molecule has 9 heteroatoms. The normalized spacial score (nSPS) is 10.3. The minimum absolute atomic E-state index is 0.0100. The van der Waals surface area contributed by atoms with Gasteiger partial charge >= 0.3 is 5.69 Å². The summed E-state index contributed by atoms with van der Waals surface area (Å²) in [5, 5.41) is 12.7. The van der Waals surface area contributed by atoms with E-state index in [2.05, 4.69) is 15.3 Å². The summed E-state index contributed by atoms with van der Waals surface area (Å²) in [6, 6.07) is 0.863. The molecule has 20 heavy (non-hydrogen) atoms. The van der Waals surface area contributed by atoms with Crippen molar-refractivity contribution in [2.75, 3.05) is 0 Å². The molecule has 0 radical (unpaired) electrons. The first kappa shape index (κ1) is 13.6. The van der Waals surface area contributed by atoms with Crippen LogP contribution in [0.4, 0.5) is 14.5 Å². The molecule has 1 heterocycles. The maximum atomic E-state index is 13.6. The van der Waals surface area contributed by atoms with Gasteiger partial charge < -0.3 is 10.3 Å². The van der Waals surface area contributed by atoms with Gasteiger partial charge in [-0.3, -0.25) is 14.9 Å². The Morgan fingerprint density at radius 1 is 1.40 bits per heavy atom. The van der Waals surface area contributed by atoms with Gasteiger partial charge in [-0.2, -0.15) is 4.39 Å². The quantitative estimate of drug-likeness (QED) is 0.655. The van der Waals surface area contributed by atoms with Gasteiger partial charge in [0.2, 0.25) is 5.82 Å². The minimum Gasteiger partial charge on any atom is -0.347 e. The average Bonchev–Trinajstić information content (AvgIpc) is 2.91. The highest BCUT2D eigenvalue weighted by molar-refractivity contribution is 5.94. The van der Waals surface area contributed by atoms with Crippen molar-refractivity contribution in [3.05, 3.63) is 57.7 Å². The van der Waals surface area contributed by atoms with E-state index in [1.807, 2.05) is 0 Å². The summed E-state index contributed by atoms with van der Waals surface area (Å²) < 4.78 is 26.9. The second-order valence-electron chi connectivity index (χ2n) is 3.76. The number of carbonyl (C=O) groups is 1. The summed E-state index contributed by atoms with van der Waals surface area (Å²) in [5.41, 5.74) is -1.63. The highest BCUT2D eigenvalue weighted by Crippen LogP contribution is 2.21. The third kappa shape index (κ3) is 2.76. The molecular formula is C11H8F2N4O3. The molecule has 1 aromatic heterocycles. The molecule has 2 aromatic rings. The Bertz CT molecular complexity index is 658. The second kappa shape index (κ2) is 5.43. The van der Waals surface area contributed by atoms with E-state index in [1.54, 1.807) is 0 Å². The van der Waals surface area contributed by atoms with Gasteiger partial charge in [0.05, 0.1) is 23.1 Å². The number of nitrogens with one attached hydrogen (secondary N) is 2. The Balaban J connectivity index is 2.17. The number of benzene rings is 1. The van der Waals surface area contributed by atoms with E-state index < -0.39 is 33.7 Å². The summed E-state index contributed by atoms with van der Waals surface area (Å²) in [4.78, 5) is 27.6. The Hall–Kier alpha value is -2.84. The molecule has 0 saturated heterocycles. The predicted molar refractivity (Wildman–Crippen MR) is 62.8 cm³/mol. The Morgan fingerprint density at radius 3 is 2.75 bits per heavy atom. The second-order valence-corrected chi connectivity index (χ2v) is 3.76. The third-order valence-corrected chi connectivity index (χ3v) is 2.45. The van der Waals surface area contributed by atoms with E-state index in [1.165, 1.54) is 12.4 Å². The van der Waals surface area contributed by atoms with Crippen molar-refractivity contribution in [3.63, 3.8) is 0 Å². The molecule has 0 aliphatic heterocycles. The minimum atomic E-state index is -1.28. The van der Waals surface area contributed by atoms with E-state index in [4.69, 9.17) is 0 Å². The van der Waals surface area contributed by atoms with Gasteiger partial charge in [0, 0.05) is 12.4 Å². The van der Waals surface area contributed by atoms with Crippen LogP contribution in [0.15, 0.2) is 24.5 Å². The predicted octanol–water partition coefficient (Wildman–Crippen LogP) is 1.53. The van der Waals surface area contributed by atoms with Crippen LogP contribution >= 0.6 is 0 Å². The standard InChI is InChI=1S/C11H8F2N4O3/c12-7-4-9(17(19)20)8(13)3-6(7)11(18)16-5-10-14-1-2-15-10/h1-4H,5H2,(H,14,15)(H,16,18). The molecule has 2 N–H and O–H groups in total. The van der Waals surface area contributed by atoms with Crippen molar-refractivity contribution in [1.82, 2.24) is 15.3 Å².